The van der Waals surface area contributed by atoms with Crippen LogP contribution in [0.3, 0.4) is 0 Å². The molecule has 2 rings (SSSR count). The minimum Gasteiger partial charge on any atom is -0.478 e. The molecule has 94 valence electrons. The molecule has 1 aliphatic rings. The molecule has 0 N–H and O–H groups in total. The van der Waals surface area contributed by atoms with Crippen LogP contribution in [0.15, 0.2) is 12.4 Å². The van der Waals surface area contributed by atoms with Gasteiger partial charge in [-0.2, -0.15) is 0 Å². The number of alkyl halides is 1. The average Bonchev–Trinajstić information content (AvgIpc) is 2.40. The summed E-state index contributed by atoms with van der Waals surface area (Å²) in [5.41, 5.74) is 0. The number of hydrogen-bond acceptors (Lipinski definition) is 5. The molecule has 1 fully saturated rings. The van der Waals surface area contributed by atoms with Crippen molar-refractivity contribution >= 4 is 21.7 Å². The first-order valence-corrected chi connectivity index (χ1v) is 6.83. The van der Waals surface area contributed by atoms with Crippen LogP contribution in [-0.2, 0) is 4.74 Å². The van der Waals surface area contributed by atoms with Gasteiger partial charge in [0.05, 0.1) is 19.3 Å². The maximum absolute atomic E-state index is 5.59. The lowest BCUT2D eigenvalue weighted by Gasteiger charge is -2.32. The van der Waals surface area contributed by atoms with Gasteiger partial charge in [0.15, 0.2) is 0 Å². The Morgan fingerprint density at radius 3 is 3.24 bits per heavy atom. The fourth-order valence-electron chi connectivity index (χ4n) is 1.75. The van der Waals surface area contributed by atoms with Crippen LogP contribution in [0.2, 0.25) is 0 Å². The number of aromatic nitrogens is 2. The molecule has 0 saturated carbocycles. The molecular weight excluding hydrogens is 286 g/mol. The Labute approximate surface area is 109 Å². The first kappa shape index (κ1) is 12.6. The van der Waals surface area contributed by atoms with E-state index in [-0.39, 0.29) is 6.10 Å². The second-order valence-corrected chi connectivity index (χ2v) is 4.39. The van der Waals surface area contributed by atoms with Gasteiger partial charge in [0.2, 0.25) is 5.88 Å². The van der Waals surface area contributed by atoms with E-state index in [0.717, 1.165) is 30.8 Å². The van der Waals surface area contributed by atoms with Crippen molar-refractivity contribution in [2.75, 3.05) is 36.5 Å². The number of nitrogens with zero attached hydrogens (tertiary/aromatic N) is 3. The molecule has 6 heteroatoms. The first-order valence-electron chi connectivity index (χ1n) is 5.71. The third-order valence-corrected chi connectivity index (χ3v) is 3.28. The number of morpholine rings is 1. The highest BCUT2D eigenvalue weighted by Gasteiger charge is 2.20. The lowest BCUT2D eigenvalue weighted by atomic mass is 10.3. The predicted octanol–water partition coefficient (Wildman–Crippen LogP) is 1.48. The minimum atomic E-state index is 0.217. The number of ether oxygens (including phenoxy) is 2. The Morgan fingerprint density at radius 2 is 2.47 bits per heavy atom. The zero-order chi connectivity index (χ0) is 12.1. The number of halogens is 1. The van der Waals surface area contributed by atoms with Crippen molar-refractivity contribution in [1.82, 2.24) is 9.97 Å². The highest BCUT2D eigenvalue weighted by Crippen LogP contribution is 2.19. The molecule has 1 aromatic rings. The summed E-state index contributed by atoms with van der Waals surface area (Å²) in [5.74, 6) is 1.53. The standard InChI is InChI=1S/C11H16BrN3O2/c1-2-16-11-5-10(13-8-14-11)15-3-4-17-9(6-12)7-15/h5,8-9H,2-4,6-7H2,1H3. The van der Waals surface area contributed by atoms with Crippen molar-refractivity contribution in [2.45, 2.75) is 13.0 Å². The molecule has 1 saturated heterocycles. The molecule has 0 spiro atoms. The normalized spacial score (nSPS) is 20.4. The Bertz CT molecular complexity index is 364. The molecule has 5 nitrogen and oxygen atoms in total. The SMILES string of the molecule is CCOc1cc(N2CCOC(CBr)C2)ncn1. The molecule has 17 heavy (non-hydrogen) atoms. The highest BCUT2D eigenvalue weighted by atomic mass is 79.9. The molecule has 0 aliphatic carbocycles. The predicted molar refractivity (Wildman–Crippen MR) is 68.9 cm³/mol. The first-order chi connectivity index (χ1) is 8.33. The van der Waals surface area contributed by atoms with Gasteiger partial charge in [-0.15, -0.1) is 0 Å². The summed E-state index contributed by atoms with van der Waals surface area (Å²) in [6, 6.07) is 1.88. The molecule has 2 heterocycles. The highest BCUT2D eigenvalue weighted by molar-refractivity contribution is 9.09. The zero-order valence-corrected chi connectivity index (χ0v) is 11.4. The smallest absolute Gasteiger partial charge is 0.218 e. The van der Waals surface area contributed by atoms with Crippen molar-refractivity contribution in [3.05, 3.63) is 12.4 Å². The molecule has 1 aliphatic heterocycles. The van der Waals surface area contributed by atoms with Gasteiger partial charge in [-0.25, -0.2) is 9.97 Å². The topological polar surface area (TPSA) is 47.5 Å². The van der Waals surface area contributed by atoms with Crippen molar-refractivity contribution in [2.24, 2.45) is 0 Å². The maximum atomic E-state index is 5.59. The Kier molecular flexibility index (Phi) is 4.56. The van der Waals surface area contributed by atoms with Crippen LogP contribution in [0.4, 0.5) is 5.82 Å². The summed E-state index contributed by atoms with van der Waals surface area (Å²) in [6.45, 7) is 4.98. The lowest BCUT2D eigenvalue weighted by Crippen LogP contribution is -2.43. The molecule has 0 aromatic carbocycles. The van der Waals surface area contributed by atoms with Gasteiger partial charge >= 0.3 is 0 Å². The summed E-state index contributed by atoms with van der Waals surface area (Å²) >= 11 is 3.44. The third kappa shape index (κ3) is 3.29. The summed E-state index contributed by atoms with van der Waals surface area (Å²) < 4.78 is 11.0. The van der Waals surface area contributed by atoms with Gasteiger partial charge in [-0.05, 0) is 6.92 Å². The Morgan fingerprint density at radius 1 is 1.59 bits per heavy atom. The quantitative estimate of drug-likeness (QED) is 0.788. The maximum Gasteiger partial charge on any atom is 0.218 e. The lowest BCUT2D eigenvalue weighted by molar-refractivity contribution is 0.0567. The Balaban J connectivity index is 2.07. The zero-order valence-electron chi connectivity index (χ0n) is 9.80. The summed E-state index contributed by atoms with van der Waals surface area (Å²) in [5, 5.41) is 0.840. The summed E-state index contributed by atoms with van der Waals surface area (Å²) in [7, 11) is 0. The fourth-order valence-corrected chi connectivity index (χ4v) is 2.14. The van der Waals surface area contributed by atoms with Crippen LogP contribution in [0, 0.1) is 0 Å². The van der Waals surface area contributed by atoms with Gasteiger partial charge < -0.3 is 14.4 Å². The largest absolute Gasteiger partial charge is 0.478 e. The van der Waals surface area contributed by atoms with Gasteiger partial charge in [0.1, 0.15) is 12.1 Å². The minimum absolute atomic E-state index is 0.217. The van der Waals surface area contributed by atoms with Crippen LogP contribution in [0.25, 0.3) is 0 Å². The Hall–Kier alpha value is -0.880. The monoisotopic (exact) mass is 301 g/mol. The van der Waals surface area contributed by atoms with Crippen LogP contribution < -0.4 is 9.64 Å². The molecule has 1 aromatic heterocycles. The summed E-state index contributed by atoms with van der Waals surface area (Å²) in [4.78, 5) is 10.5. The van der Waals surface area contributed by atoms with Crippen molar-refractivity contribution in [3.8, 4) is 5.88 Å². The molecule has 0 radical (unpaired) electrons. The van der Waals surface area contributed by atoms with E-state index in [4.69, 9.17) is 9.47 Å². The van der Waals surface area contributed by atoms with E-state index < -0.39 is 0 Å². The van der Waals surface area contributed by atoms with E-state index >= 15 is 0 Å². The fraction of sp³-hybridized carbons (Fsp3) is 0.636. The molecule has 1 atom stereocenters. The average molecular weight is 302 g/mol. The van der Waals surface area contributed by atoms with Crippen LogP contribution in [0.5, 0.6) is 5.88 Å². The number of hydrogen-bond donors (Lipinski definition) is 0. The second-order valence-electron chi connectivity index (χ2n) is 3.74. The van der Waals surface area contributed by atoms with E-state index in [1.807, 2.05) is 13.0 Å². The second kappa shape index (κ2) is 6.16. The number of anilines is 1. The van der Waals surface area contributed by atoms with Gasteiger partial charge in [0, 0.05) is 24.5 Å². The van der Waals surface area contributed by atoms with E-state index in [1.165, 1.54) is 0 Å². The van der Waals surface area contributed by atoms with Crippen LogP contribution in [0.1, 0.15) is 6.92 Å². The van der Waals surface area contributed by atoms with Gasteiger partial charge in [-0.1, -0.05) is 15.9 Å². The molecular formula is C11H16BrN3O2. The van der Waals surface area contributed by atoms with Crippen LogP contribution in [-0.4, -0.2) is 47.7 Å². The van der Waals surface area contributed by atoms with Gasteiger partial charge in [0.25, 0.3) is 0 Å². The van der Waals surface area contributed by atoms with E-state index in [9.17, 15) is 0 Å². The van der Waals surface area contributed by atoms with E-state index in [1.54, 1.807) is 6.33 Å². The van der Waals surface area contributed by atoms with Crippen molar-refractivity contribution in [1.29, 1.82) is 0 Å². The molecule has 0 bridgehead atoms. The van der Waals surface area contributed by atoms with Crippen molar-refractivity contribution in [3.63, 3.8) is 0 Å². The van der Waals surface area contributed by atoms with Crippen LogP contribution >= 0.6 is 15.9 Å². The number of rotatable bonds is 4. The van der Waals surface area contributed by atoms with E-state index in [2.05, 4.69) is 30.8 Å². The molecule has 0 amide bonds. The molecule has 1 unspecified atom stereocenters. The summed E-state index contributed by atoms with van der Waals surface area (Å²) in [6.07, 6.45) is 1.76. The third-order valence-electron chi connectivity index (χ3n) is 2.55. The van der Waals surface area contributed by atoms with Crippen molar-refractivity contribution < 1.29 is 9.47 Å². The van der Waals surface area contributed by atoms with E-state index in [0.29, 0.717) is 12.5 Å². The van der Waals surface area contributed by atoms with Gasteiger partial charge in [-0.3, -0.25) is 0 Å².